The summed E-state index contributed by atoms with van der Waals surface area (Å²) in [5.74, 6) is 0.582. The number of halogens is 1. The number of carbonyl (C=O) groups is 1. The quantitative estimate of drug-likeness (QED) is 0.923. The fourth-order valence-electron chi connectivity index (χ4n) is 3.08. The third kappa shape index (κ3) is 2.95. The van der Waals surface area contributed by atoms with E-state index >= 15 is 0 Å². The largest absolute Gasteiger partial charge is 0.381 e. The number of aryl methyl sites for hydroxylation is 1. The van der Waals surface area contributed by atoms with Gasteiger partial charge in [-0.25, -0.2) is 0 Å². The molecule has 0 atom stereocenters. The van der Waals surface area contributed by atoms with Gasteiger partial charge in [0.1, 0.15) is 5.76 Å². The van der Waals surface area contributed by atoms with Crippen molar-refractivity contribution in [1.82, 2.24) is 10.5 Å². The summed E-state index contributed by atoms with van der Waals surface area (Å²) in [5.41, 5.74) is 0.823. The first-order valence-corrected chi connectivity index (χ1v) is 7.63. The minimum Gasteiger partial charge on any atom is -0.381 e. The van der Waals surface area contributed by atoms with E-state index in [1.807, 2.05) is 0 Å². The topological polar surface area (TPSA) is 64.4 Å². The number of fused-ring (bicyclic) bond motifs is 1. The summed E-state index contributed by atoms with van der Waals surface area (Å²) >= 11 is 0. The Morgan fingerprint density at radius 1 is 1.29 bits per heavy atom. The molecule has 0 aromatic carbocycles. The number of amides is 1. The van der Waals surface area contributed by atoms with Crippen LogP contribution in [0.25, 0.3) is 0 Å². The number of ether oxygens (including phenoxy) is 1. The predicted octanol–water partition coefficient (Wildman–Crippen LogP) is 2.05. The molecule has 3 rings (SSSR count). The molecule has 21 heavy (non-hydrogen) atoms. The zero-order valence-electron chi connectivity index (χ0n) is 12.1. The summed E-state index contributed by atoms with van der Waals surface area (Å²) in [6.45, 7) is 0.999. The highest BCUT2D eigenvalue weighted by Crippen LogP contribution is 2.30. The molecule has 5 nitrogen and oxygen atoms in total. The van der Waals surface area contributed by atoms with E-state index in [9.17, 15) is 9.18 Å². The molecule has 116 valence electrons. The molecule has 1 saturated heterocycles. The van der Waals surface area contributed by atoms with Gasteiger partial charge < -0.3 is 14.6 Å². The van der Waals surface area contributed by atoms with E-state index in [1.165, 1.54) is 0 Å². The van der Waals surface area contributed by atoms with Crippen LogP contribution in [0.3, 0.4) is 0 Å². The van der Waals surface area contributed by atoms with Crippen LogP contribution < -0.4 is 5.32 Å². The lowest BCUT2D eigenvalue weighted by Crippen LogP contribution is -2.43. The van der Waals surface area contributed by atoms with Crippen molar-refractivity contribution >= 4 is 5.91 Å². The molecule has 1 fully saturated rings. The van der Waals surface area contributed by atoms with Crippen LogP contribution in [0.15, 0.2) is 4.52 Å². The summed E-state index contributed by atoms with van der Waals surface area (Å²) in [6.07, 6.45) is 5.10. The maximum Gasteiger partial charge on any atom is 0.273 e. The van der Waals surface area contributed by atoms with Gasteiger partial charge in [-0.05, 0) is 32.1 Å². The Balaban J connectivity index is 1.65. The van der Waals surface area contributed by atoms with Gasteiger partial charge in [0.05, 0.1) is 6.67 Å². The second-order valence-electron chi connectivity index (χ2n) is 6.07. The molecular weight excluding hydrogens is 275 g/mol. The standard InChI is InChI=1S/C15H21FN2O3/c16-9-15(5-7-20-8-6-15)10-17-14(19)13-11-3-1-2-4-12(11)21-18-13/h1-10H2,(H,17,19). The maximum atomic E-state index is 13.4. The highest BCUT2D eigenvalue weighted by molar-refractivity contribution is 5.93. The number of nitrogens with zero attached hydrogens (tertiary/aromatic N) is 1. The smallest absolute Gasteiger partial charge is 0.273 e. The van der Waals surface area contributed by atoms with Crippen LogP contribution in [-0.2, 0) is 17.6 Å². The first-order chi connectivity index (χ1) is 10.2. The van der Waals surface area contributed by atoms with Gasteiger partial charge in [0, 0.05) is 37.2 Å². The lowest BCUT2D eigenvalue weighted by Gasteiger charge is -2.34. The van der Waals surface area contributed by atoms with Crippen LogP contribution in [0.4, 0.5) is 4.39 Å². The third-order valence-electron chi connectivity index (χ3n) is 4.63. The lowest BCUT2D eigenvalue weighted by atomic mass is 9.81. The number of hydrogen-bond donors (Lipinski definition) is 1. The van der Waals surface area contributed by atoms with E-state index in [2.05, 4.69) is 10.5 Å². The monoisotopic (exact) mass is 296 g/mol. The van der Waals surface area contributed by atoms with Crippen LogP contribution in [-0.4, -0.2) is 37.5 Å². The molecule has 0 saturated carbocycles. The van der Waals surface area contributed by atoms with Gasteiger partial charge >= 0.3 is 0 Å². The van der Waals surface area contributed by atoms with Gasteiger partial charge in [0.15, 0.2) is 5.69 Å². The first kappa shape index (κ1) is 14.5. The summed E-state index contributed by atoms with van der Waals surface area (Å²) in [6, 6.07) is 0. The van der Waals surface area contributed by atoms with Crippen molar-refractivity contribution in [3.05, 3.63) is 17.0 Å². The van der Waals surface area contributed by atoms with Crippen LogP contribution >= 0.6 is 0 Å². The molecule has 0 spiro atoms. The van der Waals surface area contributed by atoms with Crippen molar-refractivity contribution in [2.75, 3.05) is 26.4 Å². The van der Waals surface area contributed by atoms with E-state index < -0.39 is 12.1 Å². The van der Waals surface area contributed by atoms with Crippen molar-refractivity contribution in [2.45, 2.75) is 38.5 Å². The first-order valence-electron chi connectivity index (χ1n) is 7.63. The van der Waals surface area contributed by atoms with E-state index in [-0.39, 0.29) is 5.91 Å². The predicted molar refractivity (Wildman–Crippen MR) is 73.9 cm³/mol. The number of hydrogen-bond acceptors (Lipinski definition) is 4. The van der Waals surface area contributed by atoms with Crippen molar-refractivity contribution in [3.63, 3.8) is 0 Å². The van der Waals surface area contributed by atoms with Crippen molar-refractivity contribution < 1.29 is 18.4 Å². The van der Waals surface area contributed by atoms with Crippen LogP contribution in [0, 0.1) is 5.41 Å². The number of alkyl halides is 1. The Bertz CT molecular complexity index is 509. The fourth-order valence-corrected chi connectivity index (χ4v) is 3.08. The summed E-state index contributed by atoms with van der Waals surface area (Å²) in [5, 5.41) is 6.74. The molecule has 0 radical (unpaired) electrons. The molecule has 1 aliphatic carbocycles. The van der Waals surface area contributed by atoms with Crippen molar-refractivity contribution in [1.29, 1.82) is 0 Å². The Morgan fingerprint density at radius 3 is 2.81 bits per heavy atom. The summed E-state index contributed by atoms with van der Waals surface area (Å²) in [7, 11) is 0. The number of carbonyl (C=O) groups excluding carboxylic acids is 1. The summed E-state index contributed by atoms with van der Waals surface area (Å²) in [4.78, 5) is 12.3. The molecule has 6 heteroatoms. The second-order valence-corrected chi connectivity index (χ2v) is 6.07. The van der Waals surface area contributed by atoms with Crippen molar-refractivity contribution in [2.24, 2.45) is 5.41 Å². The molecular formula is C15H21FN2O3. The van der Waals surface area contributed by atoms with Crippen LogP contribution in [0.5, 0.6) is 0 Å². The average Bonchev–Trinajstić information content (AvgIpc) is 2.98. The van der Waals surface area contributed by atoms with Gasteiger partial charge in [0.25, 0.3) is 5.91 Å². The highest BCUT2D eigenvalue weighted by atomic mass is 19.1. The normalized spacial score (nSPS) is 20.8. The second kappa shape index (κ2) is 6.13. The zero-order valence-corrected chi connectivity index (χ0v) is 12.1. The van der Waals surface area contributed by atoms with Gasteiger partial charge in [-0.2, -0.15) is 0 Å². The third-order valence-corrected chi connectivity index (χ3v) is 4.63. The molecule has 0 bridgehead atoms. The molecule has 1 N–H and O–H groups in total. The molecule has 2 heterocycles. The molecule has 1 aromatic rings. The average molecular weight is 296 g/mol. The Kier molecular flexibility index (Phi) is 4.24. The maximum absolute atomic E-state index is 13.4. The SMILES string of the molecule is O=C(NCC1(CF)CCOCC1)c1noc2c1CCCC2. The van der Waals surface area contributed by atoms with Gasteiger partial charge in [-0.1, -0.05) is 5.16 Å². The van der Waals surface area contributed by atoms with E-state index in [4.69, 9.17) is 9.26 Å². The van der Waals surface area contributed by atoms with E-state index in [0.717, 1.165) is 37.0 Å². The van der Waals surface area contributed by atoms with Crippen LogP contribution in [0.1, 0.15) is 47.5 Å². The Labute approximate surface area is 123 Å². The van der Waals surface area contributed by atoms with Gasteiger partial charge in [-0.15, -0.1) is 0 Å². The highest BCUT2D eigenvalue weighted by Gasteiger charge is 2.34. The molecule has 1 aromatic heterocycles. The van der Waals surface area contributed by atoms with Crippen molar-refractivity contribution in [3.8, 4) is 0 Å². The van der Waals surface area contributed by atoms with E-state index in [0.29, 0.717) is 38.3 Å². The molecule has 2 aliphatic rings. The Morgan fingerprint density at radius 2 is 2.05 bits per heavy atom. The van der Waals surface area contributed by atoms with Gasteiger partial charge in [0.2, 0.25) is 0 Å². The molecule has 0 unspecified atom stereocenters. The van der Waals surface area contributed by atoms with Gasteiger partial charge in [-0.3, -0.25) is 9.18 Å². The minimum atomic E-state index is -0.488. The summed E-state index contributed by atoms with van der Waals surface area (Å²) < 4.78 is 23.9. The molecule has 1 amide bonds. The lowest BCUT2D eigenvalue weighted by molar-refractivity contribution is 0.00257. The number of aromatic nitrogens is 1. The van der Waals surface area contributed by atoms with E-state index in [1.54, 1.807) is 0 Å². The van der Waals surface area contributed by atoms with Crippen LogP contribution in [0.2, 0.25) is 0 Å². The Hall–Kier alpha value is -1.43. The minimum absolute atomic E-state index is 0.249. The fraction of sp³-hybridized carbons (Fsp3) is 0.733. The number of rotatable bonds is 4. The number of nitrogens with one attached hydrogen (secondary N) is 1. The molecule has 1 aliphatic heterocycles. The zero-order chi connectivity index (χ0) is 14.7.